The zero-order valence-electron chi connectivity index (χ0n) is 13.2. The summed E-state index contributed by atoms with van der Waals surface area (Å²) in [7, 11) is 0. The van der Waals surface area contributed by atoms with E-state index in [0.29, 0.717) is 18.6 Å². The van der Waals surface area contributed by atoms with Gasteiger partial charge in [0.1, 0.15) is 0 Å². The van der Waals surface area contributed by atoms with Crippen molar-refractivity contribution in [2.24, 2.45) is 10.9 Å². The molecule has 0 N–H and O–H groups in total. The van der Waals surface area contributed by atoms with Crippen molar-refractivity contribution < 1.29 is 4.74 Å². The van der Waals surface area contributed by atoms with Gasteiger partial charge in [-0.15, -0.1) is 11.6 Å². The van der Waals surface area contributed by atoms with Gasteiger partial charge < -0.3 is 4.74 Å². The molecule has 1 fully saturated rings. The number of alkyl halides is 1. The van der Waals surface area contributed by atoms with E-state index in [-0.39, 0.29) is 15.6 Å². The van der Waals surface area contributed by atoms with Gasteiger partial charge in [0.25, 0.3) is 0 Å². The third-order valence-corrected chi connectivity index (χ3v) is 4.78. The molecule has 1 aliphatic rings. The smallest absolute Gasteiger partial charge is 0.192 e. The molecule has 122 valence electrons. The predicted molar refractivity (Wildman–Crippen MR) is 94.0 cm³/mol. The monoisotopic (exact) mass is 353 g/mol. The molecule has 3 unspecified atom stereocenters. The number of halogens is 3. The fraction of sp³-hybridized carbons (Fsp3) is 0.812. The van der Waals surface area contributed by atoms with Gasteiger partial charge in [0.2, 0.25) is 0 Å². The van der Waals surface area contributed by atoms with E-state index in [2.05, 4.69) is 32.3 Å². The van der Waals surface area contributed by atoms with Crippen LogP contribution in [0.4, 0.5) is 0 Å². The van der Waals surface area contributed by atoms with E-state index in [1.165, 1.54) is 12.8 Å². The van der Waals surface area contributed by atoms with E-state index in [0.717, 1.165) is 24.8 Å². The molecule has 0 aliphatic carbocycles. The molecule has 1 aliphatic heterocycles. The summed E-state index contributed by atoms with van der Waals surface area (Å²) >= 11 is 17.1. The molecular formula is C16H26Cl3NO. The highest BCUT2D eigenvalue weighted by Crippen LogP contribution is 2.39. The van der Waals surface area contributed by atoms with E-state index in [1.807, 2.05) is 0 Å². The van der Waals surface area contributed by atoms with Crippen LogP contribution in [0, 0.1) is 5.92 Å². The normalized spacial score (nSPS) is 22.5. The van der Waals surface area contributed by atoms with Gasteiger partial charge in [0.05, 0.1) is 23.6 Å². The summed E-state index contributed by atoms with van der Waals surface area (Å²) in [6, 6.07) is 0. The first-order chi connectivity index (χ1) is 9.72. The molecule has 1 heterocycles. The molecule has 0 bridgehead atoms. The summed E-state index contributed by atoms with van der Waals surface area (Å²) in [5.74, 6) is 0.710. The lowest BCUT2D eigenvalue weighted by Crippen LogP contribution is -2.08. The molecule has 5 heteroatoms. The maximum absolute atomic E-state index is 6.19. The highest BCUT2D eigenvalue weighted by Gasteiger charge is 2.46. The number of hydrogen-bond donors (Lipinski definition) is 0. The lowest BCUT2D eigenvalue weighted by atomic mass is 9.94. The Morgan fingerprint density at radius 3 is 2.48 bits per heavy atom. The maximum Gasteiger partial charge on any atom is 0.192 e. The van der Waals surface area contributed by atoms with Crippen LogP contribution in [0.1, 0.15) is 52.9 Å². The Kier molecular flexibility index (Phi) is 8.05. The molecule has 21 heavy (non-hydrogen) atoms. The van der Waals surface area contributed by atoms with Crippen LogP contribution >= 0.6 is 34.8 Å². The van der Waals surface area contributed by atoms with Crippen LogP contribution in [0.3, 0.4) is 0 Å². The van der Waals surface area contributed by atoms with Crippen LogP contribution in [0.25, 0.3) is 0 Å². The number of nitrogens with zero attached hydrogens (tertiary/aromatic N) is 1. The summed E-state index contributed by atoms with van der Waals surface area (Å²) in [5, 5.41) is -0.187. The topological polar surface area (TPSA) is 24.9 Å². The van der Waals surface area contributed by atoms with Crippen molar-refractivity contribution in [2.75, 3.05) is 6.54 Å². The van der Waals surface area contributed by atoms with Crippen LogP contribution in [-0.4, -0.2) is 28.3 Å². The number of hydrogen-bond acceptors (Lipinski definition) is 2. The van der Waals surface area contributed by atoms with Crippen LogP contribution in [0.5, 0.6) is 0 Å². The second kappa shape index (κ2) is 8.76. The predicted octanol–water partition coefficient (Wildman–Crippen LogP) is 5.75. The van der Waals surface area contributed by atoms with Gasteiger partial charge in [-0.05, 0) is 68.7 Å². The molecule has 0 aromatic heterocycles. The van der Waals surface area contributed by atoms with Crippen molar-refractivity contribution in [3.63, 3.8) is 0 Å². The number of rotatable bonds is 10. The van der Waals surface area contributed by atoms with Gasteiger partial charge in [-0.3, -0.25) is 4.99 Å². The summed E-state index contributed by atoms with van der Waals surface area (Å²) in [6.07, 6.45) is 6.07. The second-order valence-corrected chi connectivity index (χ2v) is 7.93. The average Bonchev–Trinajstić information content (AvgIpc) is 3.01. The van der Waals surface area contributed by atoms with E-state index in [4.69, 9.17) is 39.5 Å². The highest BCUT2D eigenvalue weighted by molar-refractivity contribution is 6.95. The molecule has 0 saturated carbocycles. The minimum Gasteiger partial charge on any atom is -0.367 e. The van der Waals surface area contributed by atoms with Crippen molar-refractivity contribution in [1.82, 2.24) is 0 Å². The van der Waals surface area contributed by atoms with Crippen molar-refractivity contribution in [2.45, 2.75) is 70.0 Å². The zero-order valence-corrected chi connectivity index (χ0v) is 15.4. The number of epoxide rings is 1. The van der Waals surface area contributed by atoms with E-state index < -0.39 is 0 Å². The molecule has 2 nitrogen and oxygen atoms in total. The van der Waals surface area contributed by atoms with Gasteiger partial charge in [0.15, 0.2) is 4.63 Å². The fourth-order valence-electron chi connectivity index (χ4n) is 2.43. The van der Waals surface area contributed by atoms with Gasteiger partial charge in [-0.2, -0.15) is 0 Å². The van der Waals surface area contributed by atoms with Crippen molar-refractivity contribution in [3.05, 3.63) is 12.2 Å². The molecule has 1 saturated heterocycles. The van der Waals surface area contributed by atoms with Gasteiger partial charge in [-0.25, -0.2) is 0 Å². The first kappa shape index (κ1) is 19.3. The Balaban J connectivity index is 2.09. The minimum atomic E-state index is -0.187. The zero-order chi connectivity index (χ0) is 16.0. The van der Waals surface area contributed by atoms with Gasteiger partial charge in [-0.1, -0.05) is 25.5 Å². The first-order valence-corrected chi connectivity index (χ1v) is 8.76. The molecule has 0 aromatic rings. The highest BCUT2D eigenvalue weighted by atomic mass is 35.5. The molecule has 0 radical (unpaired) electrons. The van der Waals surface area contributed by atoms with E-state index in [1.54, 1.807) is 0 Å². The SMILES string of the molecule is C=C(CCCC(C)CCC1OC1(C)C)C(Cl)CN=C(Cl)Cl. The summed E-state index contributed by atoms with van der Waals surface area (Å²) in [4.78, 5) is 3.90. The molecule has 3 atom stereocenters. The summed E-state index contributed by atoms with van der Waals surface area (Å²) in [6.45, 7) is 11.0. The van der Waals surface area contributed by atoms with Crippen molar-refractivity contribution >= 4 is 39.4 Å². The van der Waals surface area contributed by atoms with Crippen LogP contribution in [0.2, 0.25) is 0 Å². The van der Waals surface area contributed by atoms with E-state index >= 15 is 0 Å². The Bertz CT molecular complexity index is 378. The first-order valence-electron chi connectivity index (χ1n) is 7.57. The quantitative estimate of drug-likeness (QED) is 0.212. The van der Waals surface area contributed by atoms with Crippen LogP contribution in [-0.2, 0) is 4.74 Å². The fourth-order valence-corrected chi connectivity index (χ4v) is 2.75. The molecule has 0 spiro atoms. The third-order valence-electron chi connectivity index (χ3n) is 4.09. The standard InChI is InChI=1S/C16H26Cl3NO/c1-11(8-9-14-16(3,4)21-14)6-5-7-12(2)13(17)10-20-15(18)19/h11,13-14H,2,5-10H2,1,3-4H3. The Labute approximate surface area is 143 Å². The number of aliphatic imine (C=N–C) groups is 1. The average molecular weight is 355 g/mol. The summed E-state index contributed by atoms with van der Waals surface area (Å²) in [5.41, 5.74) is 1.12. The van der Waals surface area contributed by atoms with Crippen molar-refractivity contribution in [3.8, 4) is 0 Å². The molecule has 1 rings (SSSR count). The molecule has 0 aromatic carbocycles. The minimum absolute atomic E-state index is 0.0206. The largest absolute Gasteiger partial charge is 0.367 e. The lowest BCUT2D eigenvalue weighted by Gasteiger charge is -2.13. The molecule has 0 amide bonds. The van der Waals surface area contributed by atoms with Crippen LogP contribution < -0.4 is 0 Å². The van der Waals surface area contributed by atoms with Gasteiger partial charge >= 0.3 is 0 Å². The number of ether oxygens (including phenoxy) is 1. The third kappa shape index (κ3) is 7.88. The van der Waals surface area contributed by atoms with Gasteiger partial charge in [0, 0.05) is 0 Å². The van der Waals surface area contributed by atoms with Crippen LogP contribution in [0.15, 0.2) is 17.1 Å². The van der Waals surface area contributed by atoms with E-state index in [9.17, 15) is 0 Å². The van der Waals surface area contributed by atoms with Crippen molar-refractivity contribution in [1.29, 1.82) is 0 Å². The summed E-state index contributed by atoms with van der Waals surface area (Å²) < 4.78 is 5.63. The second-order valence-electron chi connectivity index (χ2n) is 6.49. The maximum atomic E-state index is 6.19. The molecular weight excluding hydrogens is 329 g/mol. The Hall–Kier alpha value is 0.240. The lowest BCUT2D eigenvalue weighted by molar-refractivity contribution is 0.312. The Morgan fingerprint density at radius 1 is 1.33 bits per heavy atom. The Morgan fingerprint density at radius 2 is 1.95 bits per heavy atom.